The van der Waals surface area contributed by atoms with Crippen molar-refractivity contribution in [3.05, 3.63) is 36.0 Å². The van der Waals surface area contributed by atoms with Crippen molar-refractivity contribution < 1.29 is 8.91 Å². The highest BCUT2D eigenvalue weighted by Gasteiger charge is 2.25. The van der Waals surface area contributed by atoms with E-state index in [1.165, 1.54) is 12.1 Å². The molecule has 100 valence electrons. The molecule has 1 fully saturated rings. The molecule has 1 aliphatic heterocycles. The van der Waals surface area contributed by atoms with Crippen molar-refractivity contribution in [1.82, 2.24) is 15.5 Å². The summed E-state index contributed by atoms with van der Waals surface area (Å²) in [4.78, 5) is 4.41. The van der Waals surface area contributed by atoms with E-state index in [9.17, 15) is 4.39 Å². The monoisotopic (exact) mass is 261 g/mol. The molecule has 2 heterocycles. The summed E-state index contributed by atoms with van der Waals surface area (Å²) < 4.78 is 18.5. The highest BCUT2D eigenvalue weighted by molar-refractivity contribution is 5.53. The Hall–Kier alpha value is -1.75. The molecule has 1 N–H and O–H groups in total. The van der Waals surface area contributed by atoms with Gasteiger partial charge in [0.25, 0.3) is 0 Å². The second-order valence-electron chi connectivity index (χ2n) is 5.04. The molecular formula is C14H16FN3O. The smallest absolute Gasteiger partial charge is 0.230 e. The third-order valence-electron chi connectivity index (χ3n) is 3.50. The average molecular weight is 261 g/mol. The molecule has 0 aliphatic carbocycles. The van der Waals surface area contributed by atoms with Crippen LogP contribution in [0.3, 0.4) is 0 Å². The van der Waals surface area contributed by atoms with Gasteiger partial charge in [-0.3, -0.25) is 0 Å². The third kappa shape index (κ3) is 2.66. The number of aromatic nitrogens is 2. The van der Waals surface area contributed by atoms with Crippen LogP contribution in [0.25, 0.3) is 11.4 Å². The van der Waals surface area contributed by atoms with E-state index in [0.717, 1.165) is 19.4 Å². The summed E-state index contributed by atoms with van der Waals surface area (Å²) in [7, 11) is 0. The number of piperidine rings is 1. The maximum atomic E-state index is 13.2. The Morgan fingerprint density at radius 3 is 3.11 bits per heavy atom. The number of nitrogens with zero attached hydrogens (tertiary/aromatic N) is 2. The summed E-state index contributed by atoms with van der Waals surface area (Å²) in [5, 5.41) is 7.34. The first kappa shape index (κ1) is 12.3. The lowest BCUT2D eigenvalue weighted by atomic mass is 9.93. The van der Waals surface area contributed by atoms with E-state index in [-0.39, 0.29) is 5.82 Å². The highest BCUT2D eigenvalue weighted by atomic mass is 19.1. The number of nitrogens with one attached hydrogen (secondary N) is 1. The highest BCUT2D eigenvalue weighted by Crippen LogP contribution is 2.28. The number of hydrogen-bond donors (Lipinski definition) is 1. The molecule has 1 saturated heterocycles. The molecule has 1 aliphatic rings. The minimum atomic E-state index is -0.292. The first-order valence-electron chi connectivity index (χ1n) is 6.55. The van der Waals surface area contributed by atoms with Crippen LogP contribution in [0.15, 0.2) is 28.8 Å². The summed E-state index contributed by atoms with van der Waals surface area (Å²) in [5.41, 5.74) is 0.650. The zero-order chi connectivity index (χ0) is 13.2. The Morgan fingerprint density at radius 2 is 2.32 bits per heavy atom. The molecule has 2 aromatic rings. The lowest BCUT2D eigenvalue weighted by Crippen LogP contribution is -2.34. The fourth-order valence-corrected chi connectivity index (χ4v) is 2.50. The molecule has 19 heavy (non-hydrogen) atoms. The van der Waals surface area contributed by atoms with Gasteiger partial charge in [-0.05, 0) is 38.4 Å². The summed E-state index contributed by atoms with van der Waals surface area (Å²) in [5.74, 6) is 1.12. The lowest BCUT2D eigenvalue weighted by molar-refractivity contribution is 0.295. The van der Waals surface area contributed by atoms with E-state index in [2.05, 4.69) is 22.4 Å². The molecule has 2 unspecified atom stereocenters. The van der Waals surface area contributed by atoms with Gasteiger partial charge >= 0.3 is 0 Å². The van der Waals surface area contributed by atoms with Crippen LogP contribution in [0, 0.1) is 5.82 Å². The van der Waals surface area contributed by atoms with Crippen LogP contribution in [0.1, 0.15) is 31.6 Å². The predicted octanol–water partition coefficient (Wildman–Crippen LogP) is 2.73. The predicted molar refractivity (Wildman–Crippen MR) is 69.1 cm³/mol. The second-order valence-corrected chi connectivity index (χ2v) is 5.04. The molecule has 0 saturated carbocycles. The number of benzene rings is 1. The van der Waals surface area contributed by atoms with Crippen molar-refractivity contribution in [3.63, 3.8) is 0 Å². The van der Waals surface area contributed by atoms with Crippen molar-refractivity contribution in [2.45, 2.75) is 31.7 Å². The first-order chi connectivity index (χ1) is 9.22. The quantitative estimate of drug-likeness (QED) is 0.903. The van der Waals surface area contributed by atoms with Crippen LogP contribution in [0.4, 0.5) is 4.39 Å². The Labute approximate surface area is 111 Å². The van der Waals surface area contributed by atoms with Crippen LogP contribution < -0.4 is 5.32 Å². The molecule has 0 bridgehead atoms. The van der Waals surface area contributed by atoms with Gasteiger partial charge in [0.2, 0.25) is 11.7 Å². The Balaban J connectivity index is 1.83. The average Bonchev–Trinajstić information content (AvgIpc) is 2.88. The van der Waals surface area contributed by atoms with Crippen LogP contribution in [0.2, 0.25) is 0 Å². The van der Waals surface area contributed by atoms with E-state index in [1.807, 2.05) is 0 Å². The van der Waals surface area contributed by atoms with E-state index in [1.54, 1.807) is 12.1 Å². The summed E-state index contributed by atoms with van der Waals surface area (Å²) in [6.45, 7) is 3.11. The molecule has 4 nitrogen and oxygen atoms in total. The van der Waals surface area contributed by atoms with Crippen molar-refractivity contribution in [2.75, 3.05) is 6.54 Å². The van der Waals surface area contributed by atoms with Gasteiger partial charge in [0.15, 0.2) is 0 Å². The van der Waals surface area contributed by atoms with Crippen molar-refractivity contribution >= 4 is 0 Å². The van der Waals surface area contributed by atoms with Crippen LogP contribution in [-0.4, -0.2) is 22.7 Å². The largest absolute Gasteiger partial charge is 0.339 e. The lowest BCUT2D eigenvalue weighted by Gasteiger charge is -2.25. The van der Waals surface area contributed by atoms with Crippen molar-refractivity contribution in [1.29, 1.82) is 0 Å². The normalized spacial score (nSPS) is 23.5. The molecular weight excluding hydrogens is 245 g/mol. The molecule has 2 atom stereocenters. The molecule has 0 spiro atoms. The van der Waals surface area contributed by atoms with Gasteiger partial charge in [0.05, 0.1) is 0 Å². The van der Waals surface area contributed by atoms with E-state index < -0.39 is 0 Å². The minimum Gasteiger partial charge on any atom is -0.339 e. The molecule has 3 rings (SSSR count). The maximum Gasteiger partial charge on any atom is 0.230 e. The molecule has 5 heteroatoms. The van der Waals surface area contributed by atoms with Crippen molar-refractivity contribution in [3.8, 4) is 11.4 Å². The van der Waals surface area contributed by atoms with Gasteiger partial charge in [0.1, 0.15) is 5.82 Å². The van der Waals surface area contributed by atoms with Gasteiger partial charge in [0, 0.05) is 17.5 Å². The molecule has 1 aromatic heterocycles. The number of rotatable bonds is 2. The molecule has 0 amide bonds. The maximum absolute atomic E-state index is 13.2. The number of hydrogen-bond acceptors (Lipinski definition) is 4. The van der Waals surface area contributed by atoms with Gasteiger partial charge < -0.3 is 9.84 Å². The summed E-state index contributed by atoms with van der Waals surface area (Å²) >= 11 is 0. The van der Waals surface area contributed by atoms with Crippen LogP contribution >= 0.6 is 0 Å². The second kappa shape index (κ2) is 5.09. The SMILES string of the molecule is CC1CC(c2nc(-c3cccc(F)c3)no2)CCN1. The van der Waals surface area contributed by atoms with Gasteiger partial charge in [-0.2, -0.15) is 4.98 Å². The molecule has 1 aromatic carbocycles. The van der Waals surface area contributed by atoms with E-state index in [4.69, 9.17) is 4.52 Å². The van der Waals surface area contributed by atoms with Gasteiger partial charge in [-0.15, -0.1) is 0 Å². The number of halogens is 1. The van der Waals surface area contributed by atoms with Crippen LogP contribution in [0.5, 0.6) is 0 Å². The fourth-order valence-electron chi connectivity index (χ4n) is 2.50. The zero-order valence-electron chi connectivity index (χ0n) is 10.8. The van der Waals surface area contributed by atoms with E-state index in [0.29, 0.717) is 29.2 Å². The zero-order valence-corrected chi connectivity index (χ0v) is 10.8. The first-order valence-corrected chi connectivity index (χ1v) is 6.55. The van der Waals surface area contributed by atoms with Gasteiger partial charge in [-0.1, -0.05) is 17.3 Å². The topological polar surface area (TPSA) is 51.0 Å². The Kier molecular flexibility index (Phi) is 3.29. The fraction of sp³-hybridized carbons (Fsp3) is 0.429. The minimum absolute atomic E-state index is 0.292. The third-order valence-corrected chi connectivity index (χ3v) is 3.50. The summed E-state index contributed by atoms with van der Waals surface area (Å²) in [6, 6.07) is 6.71. The standard InChI is InChI=1S/C14H16FN3O/c1-9-7-11(5-6-16-9)14-17-13(18-19-14)10-3-2-4-12(15)8-10/h2-4,8-9,11,16H,5-7H2,1H3. The summed E-state index contributed by atoms with van der Waals surface area (Å²) in [6.07, 6.45) is 1.99. The van der Waals surface area contributed by atoms with E-state index >= 15 is 0 Å². The van der Waals surface area contributed by atoms with Crippen LogP contribution in [-0.2, 0) is 0 Å². The molecule has 0 radical (unpaired) electrons. The van der Waals surface area contributed by atoms with Crippen molar-refractivity contribution in [2.24, 2.45) is 0 Å². The Morgan fingerprint density at radius 1 is 1.42 bits per heavy atom. The Bertz CT molecular complexity index is 569. The van der Waals surface area contributed by atoms with Gasteiger partial charge in [-0.25, -0.2) is 4.39 Å².